The van der Waals surface area contributed by atoms with E-state index in [9.17, 15) is 9.90 Å². The van der Waals surface area contributed by atoms with Gasteiger partial charge >= 0.3 is 0 Å². The molecule has 0 atom stereocenters. The molecule has 0 saturated heterocycles. The molecule has 128 valence electrons. The van der Waals surface area contributed by atoms with Gasteiger partial charge in [-0.25, -0.2) is 0 Å². The van der Waals surface area contributed by atoms with Crippen LogP contribution in [0, 0.1) is 0 Å². The topological polar surface area (TPSA) is 42.2 Å². The van der Waals surface area contributed by atoms with E-state index in [1.165, 1.54) is 0 Å². The van der Waals surface area contributed by atoms with Gasteiger partial charge in [-0.3, -0.25) is 9.36 Å². The third-order valence-corrected chi connectivity index (χ3v) is 4.65. The predicted octanol–water partition coefficient (Wildman–Crippen LogP) is 5.64. The Labute approximate surface area is 156 Å². The molecule has 3 nitrogen and oxygen atoms in total. The fraction of sp³-hybridized carbons (Fsp3) is 0.150. The lowest BCUT2D eigenvalue weighted by molar-refractivity contribution is 0.473. The molecule has 0 amide bonds. The summed E-state index contributed by atoms with van der Waals surface area (Å²) in [6.45, 7) is 3.85. The van der Waals surface area contributed by atoms with Gasteiger partial charge in [0.05, 0.1) is 11.3 Å². The van der Waals surface area contributed by atoms with Gasteiger partial charge in [0.2, 0.25) is 0 Å². The van der Waals surface area contributed by atoms with E-state index in [1.54, 1.807) is 41.0 Å². The van der Waals surface area contributed by atoms with Gasteiger partial charge in [0.15, 0.2) is 0 Å². The molecule has 3 aromatic rings. The van der Waals surface area contributed by atoms with E-state index < -0.39 is 0 Å². The number of aromatic nitrogens is 1. The van der Waals surface area contributed by atoms with Crippen molar-refractivity contribution in [2.24, 2.45) is 0 Å². The summed E-state index contributed by atoms with van der Waals surface area (Å²) in [7, 11) is 0. The van der Waals surface area contributed by atoms with Gasteiger partial charge in [0.25, 0.3) is 5.56 Å². The summed E-state index contributed by atoms with van der Waals surface area (Å²) in [5, 5.41) is 11.4. The minimum Gasteiger partial charge on any atom is -0.505 e. The second-order valence-electron chi connectivity index (χ2n) is 6.06. The molecule has 0 radical (unpaired) electrons. The molecule has 1 N–H and O–H groups in total. The molecule has 0 saturated carbocycles. The monoisotopic (exact) mass is 373 g/mol. The summed E-state index contributed by atoms with van der Waals surface area (Å²) in [6, 6.07) is 16.0. The van der Waals surface area contributed by atoms with Crippen molar-refractivity contribution in [2.75, 3.05) is 0 Å². The largest absolute Gasteiger partial charge is 0.505 e. The molecule has 0 fully saturated rings. The second kappa shape index (κ2) is 6.95. The van der Waals surface area contributed by atoms with Crippen molar-refractivity contribution < 1.29 is 5.11 Å². The Kier molecular flexibility index (Phi) is 4.89. The quantitative estimate of drug-likeness (QED) is 0.645. The van der Waals surface area contributed by atoms with Crippen molar-refractivity contribution in [1.29, 1.82) is 0 Å². The number of pyridine rings is 1. The summed E-state index contributed by atoms with van der Waals surface area (Å²) in [4.78, 5) is 13.3. The number of hydrogen-bond donors (Lipinski definition) is 1. The SMILES string of the molecule is CC(C)c1c(Cl)c(O)c(-c2ccccc2)c(=O)n1-c1ccc(Cl)cc1. The number of halogens is 2. The Morgan fingerprint density at radius 3 is 2.12 bits per heavy atom. The highest BCUT2D eigenvalue weighted by Gasteiger charge is 2.24. The number of nitrogens with zero attached hydrogens (tertiary/aromatic N) is 1. The van der Waals surface area contributed by atoms with Crippen LogP contribution in [-0.2, 0) is 0 Å². The van der Waals surface area contributed by atoms with Crippen molar-refractivity contribution in [3.05, 3.63) is 80.7 Å². The van der Waals surface area contributed by atoms with E-state index in [0.29, 0.717) is 22.0 Å². The standard InChI is InChI=1S/C20H17Cl2NO2/c1-12(2)18-17(22)19(24)16(13-6-4-3-5-7-13)20(25)23(18)15-10-8-14(21)9-11-15/h3-12,24H,1-2H3. The van der Waals surface area contributed by atoms with Gasteiger partial charge in [-0.05, 0) is 35.7 Å². The van der Waals surface area contributed by atoms with E-state index in [2.05, 4.69) is 0 Å². The first-order valence-corrected chi connectivity index (χ1v) is 8.66. The maximum Gasteiger partial charge on any atom is 0.267 e. The molecule has 0 spiro atoms. The Morgan fingerprint density at radius 1 is 0.960 bits per heavy atom. The van der Waals surface area contributed by atoms with Crippen LogP contribution >= 0.6 is 23.2 Å². The minimum absolute atomic E-state index is 0.0633. The first kappa shape index (κ1) is 17.6. The van der Waals surface area contributed by atoms with Crippen LogP contribution < -0.4 is 5.56 Å². The van der Waals surface area contributed by atoms with Crippen molar-refractivity contribution >= 4 is 23.2 Å². The third-order valence-electron chi connectivity index (χ3n) is 4.02. The molecule has 1 heterocycles. The zero-order chi connectivity index (χ0) is 18.1. The lowest BCUT2D eigenvalue weighted by atomic mass is 10.0. The smallest absolute Gasteiger partial charge is 0.267 e. The summed E-state index contributed by atoms with van der Waals surface area (Å²) in [5.74, 6) is -0.251. The van der Waals surface area contributed by atoms with Crippen LogP contribution in [0.5, 0.6) is 5.75 Å². The Morgan fingerprint density at radius 2 is 1.56 bits per heavy atom. The maximum atomic E-state index is 13.3. The first-order chi connectivity index (χ1) is 11.9. The summed E-state index contributed by atoms with van der Waals surface area (Å²) < 4.78 is 1.55. The molecule has 2 aromatic carbocycles. The summed E-state index contributed by atoms with van der Waals surface area (Å²) in [6.07, 6.45) is 0. The van der Waals surface area contributed by atoms with Crippen molar-refractivity contribution in [2.45, 2.75) is 19.8 Å². The third kappa shape index (κ3) is 3.17. The minimum atomic E-state index is -0.320. The highest BCUT2D eigenvalue weighted by Crippen LogP contribution is 2.38. The zero-order valence-corrected chi connectivity index (χ0v) is 15.3. The van der Waals surface area contributed by atoms with Gasteiger partial charge in [0.1, 0.15) is 10.8 Å². The molecule has 0 aliphatic carbocycles. The molecule has 5 heteroatoms. The molecule has 25 heavy (non-hydrogen) atoms. The van der Waals surface area contributed by atoms with Crippen LogP contribution in [0.1, 0.15) is 25.5 Å². The molecule has 0 aliphatic rings. The Bertz CT molecular complexity index is 962. The van der Waals surface area contributed by atoms with E-state index in [1.807, 2.05) is 32.0 Å². The first-order valence-electron chi connectivity index (χ1n) is 7.90. The fourth-order valence-corrected chi connectivity index (χ4v) is 3.40. The van der Waals surface area contributed by atoms with Crippen molar-refractivity contribution in [3.63, 3.8) is 0 Å². The van der Waals surface area contributed by atoms with Crippen molar-refractivity contribution in [3.8, 4) is 22.6 Å². The lowest BCUT2D eigenvalue weighted by Crippen LogP contribution is -2.25. The average Bonchev–Trinajstić information content (AvgIpc) is 2.59. The van der Waals surface area contributed by atoms with Crippen LogP contribution in [0.2, 0.25) is 10.0 Å². The number of benzene rings is 2. The van der Waals surface area contributed by atoms with Crippen LogP contribution in [-0.4, -0.2) is 9.67 Å². The van der Waals surface area contributed by atoms with E-state index in [-0.39, 0.29) is 27.8 Å². The average molecular weight is 374 g/mol. The number of rotatable bonds is 3. The Balaban J connectivity index is 2.42. The van der Waals surface area contributed by atoms with Gasteiger partial charge in [-0.15, -0.1) is 0 Å². The zero-order valence-electron chi connectivity index (χ0n) is 13.8. The predicted molar refractivity (Wildman–Crippen MR) is 103 cm³/mol. The van der Waals surface area contributed by atoms with E-state index in [0.717, 1.165) is 0 Å². The van der Waals surface area contributed by atoms with Gasteiger partial charge < -0.3 is 5.11 Å². The summed E-state index contributed by atoms with van der Waals surface area (Å²) in [5.41, 5.74) is 1.69. The van der Waals surface area contributed by atoms with Crippen molar-refractivity contribution in [1.82, 2.24) is 4.57 Å². The molecular formula is C20H17Cl2NO2. The van der Waals surface area contributed by atoms with Crippen LogP contribution in [0.25, 0.3) is 16.8 Å². The van der Waals surface area contributed by atoms with E-state index in [4.69, 9.17) is 23.2 Å². The normalized spacial score (nSPS) is 11.1. The molecular weight excluding hydrogens is 357 g/mol. The van der Waals surface area contributed by atoms with Gasteiger partial charge in [-0.1, -0.05) is 67.4 Å². The highest BCUT2D eigenvalue weighted by atomic mass is 35.5. The van der Waals surface area contributed by atoms with Crippen LogP contribution in [0.3, 0.4) is 0 Å². The molecule has 1 aromatic heterocycles. The molecule has 0 unspecified atom stereocenters. The number of aromatic hydroxyl groups is 1. The second-order valence-corrected chi connectivity index (χ2v) is 6.87. The molecule has 0 bridgehead atoms. The van der Waals surface area contributed by atoms with Crippen LogP contribution in [0.15, 0.2) is 59.4 Å². The van der Waals surface area contributed by atoms with Gasteiger partial charge in [-0.2, -0.15) is 0 Å². The molecule has 3 rings (SSSR count). The Hall–Kier alpha value is -2.23. The lowest BCUT2D eigenvalue weighted by Gasteiger charge is -2.20. The number of hydrogen-bond acceptors (Lipinski definition) is 2. The van der Waals surface area contributed by atoms with Gasteiger partial charge in [0, 0.05) is 10.7 Å². The molecule has 0 aliphatic heterocycles. The van der Waals surface area contributed by atoms with E-state index >= 15 is 0 Å². The highest BCUT2D eigenvalue weighted by molar-refractivity contribution is 6.33. The summed E-state index contributed by atoms with van der Waals surface area (Å²) >= 11 is 12.4. The van der Waals surface area contributed by atoms with Crippen LogP contribution in [0.4, 0.5) is 0 Å². The maximum absolute atomic E-state index is 13.3. The fourth-order valence-electron chi connectivity index (χ4n) is 2.87.